The highest BCUT2D eigenvalue weighted by atomic mass is 16.4. The molecule has 1 atom stereocenters. The summed E-state index contributed by atoms with van der Waals surface area (Å²) in [5, 5.41) is 12.0. The third kappa shape index (κ3) is 5.21. The number of hydrogen-bond donors (Lipinski definition) is 2. The van der Waals surface area contributed by atoms with E-state index in [0.29, 0.717) is 16.8 Å². The minimum absolute atomic E-state index is 0.164. The lowest BCUT2D eigenvalue weighted by molar-refractivity contribution is -0.141. The second-order valence-electron chi connectivity index (χ2n) is 7.59. The molecule has 3 aromatic rings. The van der Waals surface area contributed by atoms with Crippen LogP contribution in [-0.2, 0) is 11.2 Å². The molecular weight excluding hydrogens is 404 g/mol. The minimum atomic E-state index is -1.05. The molecule has 3 aromatic carbocycles. The summed E-state index contributed by atoms with van der Waals surface area (Å²) in [6.07, 6.45) is 0.927. The Morgan fingerprint density at radius 2 is 1.34 bits per heavy atom. The molecule has 0 spiro atoms. The van der Waals surface area contributed by atoms with Crippen LogP contribution in [0.25, 0.3) is 11.1 Å². The zero-order valence-electron chi connectivity index (χ0n) is 18.3. The van der Waals surface area contributed by atoms with E-state index in [1.807, 2.05) is 60.7 Å². The van der Waals surface area contributed by atoms with E-state index in [1.165, 1.54) is 24.4 Å². The number of nitrogens with one attached hydrogen (secondary N) is 1. The molecule has 0 saturated heterocycles. The minimum Gasteiger partial charge on any atom is -0.480 e. The van der Waals surface area contributed by atoms with Gasteiger partial charge in [-0.25, -0.2) is 4.79 Å². The van der Waals surface area contributed by atoms with Crippen molar-refractivity contribution in [1.29, 1.82) is 0 Å². The zero-order chi connectivity index (χ0) is 23.3. The number of rotatable bonds is 7. The number of benzene rings is 3. The van der Waals surface area contributed by atoms with Crippen molar-refractivity contribution in [1.82, 2.24) is 4.90 Å². The highest BCUT2D eigenvalue weighted by Crippen LogP contribution is 2.23. The molecule has 2 N–H and O–H groups in total. The Kier molecular flexibility index (Phi) is 7.05. The quantitative estimate of drug-likeness (QED) is 0.568. The van der Waals surface area contributed by atoms with E-state index in [1.54, 1.807) is 12.1 Å². The van der Waals surface area contributed by atoms with Gasteiger partial charge in [-0.05, 0) is 66.4 Å². The number of aliphatic carboxylic acids is 1. The Labute approximate surface area is 187 Å². The van der Waals surface area contributed by atoms with Crippen LogP contribution in [0, 0.1) is 0 Å². The molecule has 3 rings (SSSR count). The maximum absolute atomic E-state index is 12.5. The van der Waals surface area contributed by atoms with Crippen molar-refractivity contribution >= 4 is 23.5 Å². The van der Waals surface area contributed by atoms with Crippen molar-refractivity contribution < 1.29 is 19.5 Å². The smallest absolute Gasteiger partial charge is 0.326 e. The van der Waals surface area contributed by atoms with Crippen LogP contribution in [0.5, 0.6) is 0 Å². The fourth-order valence-corrected chi connectivity index (χ4v) is 3.19. The standard InChI is InChI=1S/C26H26N2O4/c1-4-18-5-7-21(8-6-18)24(29)27-23-15-13-20(14-16-23)19-9-11-22(12-10-19)25(30)28(3)17(2)26(31)32/h5-17H,4H2,1-3H3,(H,27,29)(H,31,32)/t17-/m0/s1. The first-order valence-electron chi connectivity index (χ1n) is 10.4. The summed E-state index contributed by atoms with van der Waals surface area (Å²) in [5.41, 5.74) is 4.73. The molecule has 0 unspecified atom stereocenters. The number of carboxylic acid groups (broad SMARTS) is 1. The summed E-state index contributed by atoms with van der Waals surface area (Å²) >= 11 is 0. The van der Waals surface area contributed by atoms with Crippen molar-refractivity contribution in [2.75, 3.05) is 12.4 Å². The van der Waals surface area contributed by atoms with E-state index >= 15 is 0 Å². The van der Waals surface area contributed by atoms with Crippen LogP contribution < -0.4 is 5.32 Å². The second kappa shape index (κ2) is 9.92. The third-order valence-electron chi connectivity index (χ3n) is 5.49. The number of aryl methyl sites for hydroxylation is 1. The molecular formula is C26H26N2O4. The number of anilines is 1. The first kappa shape index (κ1) is 22.7. The molecule has 0 aliphatic carbocycles. The van der Waals surface area contributed by atoms with Gasteiger partial charge in [0.15, 0.2) is 0 Å². The molecule has 0 bridgehead atoms. The zero-order valence-corrected chi connectivity index (χ0v) is 18.3. The number of nitrogens with zero attached hydrogens (tertiary/aromatic N) is 1. The van der Waals surface area contributed by atoms with Gasteiger partial charge in [-0.3, -0.25) is 9.59 Å². The van der Waals surface area contributed by atoms with Gasteiger partial charge in [0.25, 0.3) is 11.8 Å². The summed E-state index contributed by atoms with van der Waals surface area (Å²) in [5.74, 6) is -1.57. The number of carbonyl (C=O) groups excluding carboxylic acids is 2. The molecule has 32 heavy (non-hydrogen) atoms. The Morgan fingerprint density at radius 1 is 0.844 bits per heavy atom. The largest absolute Gasteiger partial charge is 0.480 e. The van der Waals surface area contributed by atoms with Gasteiger partial charge in [-0.15, -0.1) is 0 Å². The van der Waals surface area contributed by atoms with Crippen LogP contribution in [-0.4, -0.2) is 40.9 Å². The molecule has 0 aromatic heterocycles. The number of amides is 2. The molecule has 0 saturated carbocycles. The Bertz CT molecular complexity index is 1100. The van der Waals surface area contributed by atoms with Crippen LogP contribution >= 0.6 is 0 Å². The van der Waals surface area contributed by atoms with Crippen LogP contribution in [0.15, 0.2) is 72.8 Å². The Balaban J connectivity index is 1.67. The first-order valence-corrected chi connectivity index (χ1v) is 10.4. The first-order chi connectivity index (χ1) is 15.3. The molecule has 6 nitrogen and oxygen atoms in total. The molecule has 0 radical (unpaired) electrons. The average molecular weight is 431 g/mol. The maximum Gasteiger partial charge on any atom is 0.326 e. The van der Waals surface area contributed by atoms with E-state index in [0.717, 1.165) is 17.5 Å². The van der Waals surface area contributed by atoms with Gasteiger partial charge in [-0.1, -0.05) is 43.3 Å². The van der Waals surface area contributed by atoms with E-state index in [4.69, 9.17) is 5.11 Å². The van der Waals surface area contributed by atoms with Crippen LogP contribution in [0.2, 0.25) is 0 Å². The van der Waals surface area contributed by atoms with Crippen LogP contribution in [0.3, 0.4) is 0 Å². The molecule has 0 heterocycles. The van der Waals surface area contributed by atoms with Crippen molar-refractivity contribution in [3.05, 3.63) is 89.5 Å². The number of likely N-dealkylation sites (N-methyl/N-ethyl adjacent to an activating group) is 1. The molecule has 2 amide bonds. The highest BCUT2D eigenvalue weighted by molar-refractivity contribution is 6.04. The van der Waals surface area contributed by atoms with E-state index < -0.39 is 12.0 Å². The lowest BCUT2D eigenvalue weighted by atomic mass is 10.0. The second-order valence-corrected chi connectivity index (χ2v) is 7.59. The fourth-order valence-electron chi connectivity index (χ4n) is 3.19. The Morgan fingerprint density at radius 3 is 1.84 bits per heavy atom. The van der Waals surface area contributed by atoms with Gasteiger partial charge in [0.1, 0.15) is 6.04 Å². The SMILES string of the molecule is CCc1ccc(C(=O)Nc2ccc(-c3ccc(C(=O)N(C)[C@@H](C)C(=O)O)cc3)cc2)cc1. The number of carboxylic acids is 1. The summed E-state index contributed by atoms with van der Waals surface area (Å²) < 4.78 is 0. The van der Waals surface area contributed by atoms with E-state index in [2.05, 4.69) is 12.2 Å². The number of carbonyl (C=O) groups is 3. The Hall–Kier alpha value is -3.93. The third-order valence-corrected chi connectivity index (χ3v) is 5.49. The van der Waals surface area contributed by atoms with Gasteiger partial charge in [0.2, 0.25) is 0 Å². The van der Waals surface area contributed by atoms with Gasteiger partial charge in [-0.2, -0.15) is 0 Å². The molecule has 0 aliphatic heterocycles. The summed E-state index contributed by atoms with van der Waals surface area (Å²) in [7, 11) is 1.47. The predicted molar refractivity (Wildman–Crippen MR) is 125 cm³/mol. The van der Waals surface area contributed by atoms with E-state index in [9.17, 15) is 14.4 Å². The van der Waals surface area contributed by atoms with Gasteiger partial charge in [0, 0.05) is 23.9 Å². The van der Waals surface area contributed by atoms with Crippen molar-refractivity contribution in [3.8, 4) is 11.1 Å². The summed E-state index contributed by atoms with van der Waals surface area (Å²) in [6, 6.07) is 21.1. The lowest BCUT2D eigenvalue weighted by Gasteiger charge is -2.21. The van der Waals surface area contributed by atoms with Crippen molar-refractivity contribution in [2.45, 2.75) is 26.3 Å². The molecule has 0 aliphatic rings. The molecule has 0 fully saturated rings. The van der Waals surface area contributed by atoms with Gasteiger partial charge >= 0.3 is 5.97 Å². The van der Waals surface area contributed by atoms with Gasteiger partial charge in [0.05, 0.1) is 0 Å². The van der Waals surface area contributed by atoms with E-state index in [-0.39, 0.29) is 11.8 Å². The average Bonchev–Trinajstić information content (AvgIpc) is 2.83. The maximum atomic E-state index is 12.5. The summed E-state index contributed by atoms with van der Waals surface area (Å²) in [4.78, 5) is 37.2. The highest BCUT2D eigenvalue weighted by Gasteiger charge is 2.22. The van der Waals surface area contributed by atoms with Crippen LogP contribution in [0.1, 0.15) is 40.1 Å². The lowest BCUT2D eigenvalue weighted by Crippen LogP contribution is -2.40. The molecule has 164 valence electrons. The topological polar surface area (TPSA) is 86.7 Å². The predicted octanol–water partition coefficient (Wildman–Crippen LogP) is 4.71. The monoisotopic (exact) mass is 430 g/mol. The fraction of sp³-hybridized carbons (Fsp3) is 0.192. The van der Waals surface area contributed by atoms with Crippen molar-refractivity contribution in [3.63, 3.8) is 0 Å². The summed E-state index contributed by atoms with van der Waals surface area (Å²) in [6.45, 7) is 3.54. The van der Waals surface area contributed by atoms with Crippen molar-refractivity contribution in [2.24, 2.45) is 0 Å². The molecule has 6 heteroatoms. The normalized spacial score (nSPS) is 11.5. The van der Waals surface area contributed by atoms with Gasteiger partial charge < -0.3 is 15.3 Å². The van der Waals surface area contributed by atoms with Crippen LogP contribution in [0.4, 0.5) is 5.69 Å². The number of hydrogen-bond acceptors (Lipinski definition) is 3.